The third-order valence-corrected chi connectivity index (χ3v) is 7.06. The van der Waals surface area contributed by atoms with Gasteiger partial charge >= 0.3 is 0 Å². The van der Waals surface area contributed by atoms with Gasteiger partial charge in [0, 0.05) is 37.6 Å². The van der Waals surface area contributed by atoms with Crippen molar-refractivity contribution in [1.29, 1.82) is 0 Å². The highest BCUT2D eigenvalue weighted by atomic mass is 32.2. The summed E-state index contributed by atoms with van der Waals surface area (Å²) >= 11 is 0. The van der Waals surface area contributed by atoms with Crippen molar-refractivity contribution in [3.63, 3.8) is 0 Å². The first-order valence-electron chi connectivity index (χ1n) is 7.19. The van der Waals surface area contributed by atoms with E-state index in [9.17, 15) is 16.8 Å². The molecule has 0 aliphatic carbocycles. The van der Waals surface area contributed by atoms with Gasteiger partial charge in [-0.15, -0.1) is 0 Å². The van der Waals surface area contributed by atoms with Gasteiger partial charge < -0.3 is 5.32 Å². The largest absolute Gasteiger partial charge is 0.310 e. The van der Waals surface area contributed by atoms with Gasteiger partial charge in [-0.2, -0.15) is 4.31 Å². The molecule has 3 heterocycles. The van der Waals surface area contributed by atoms with E-state index in [4.69, 9.17) is 0 Å². The maximum atomic E-state index is 12.7. The summed E-state index contributed by atoms with van der Waals surface area (Å²) in [6, 6.07) is 3.15. The lowest BCUT2D eigenvalue weighted by atomic mass is 10.1. The Bertz CT molecular complexity index is 759. The van der Waals surface area contributed by atoms with Crippen LogP contribution in [0.5, 0.6) is 0 Å². The SMILES string of the molecule is CS(=O)(=O)c1ccc(S(=O)(=O)N2CCC3CCC(C2)N3)cn1. The highest BCUT2D eigenvalue weighted by Crippen LogP contribution is 2.25. The van der Waals surface area contributed by atoms with Gasteiger partial charge in [-0.05, 0) is 31.4 Å². The highest BCUT2D eigenvalue weighted by molar-refractivity contribution is 7.90. The Balaban J connectivity index is 1.86. The van der Waals surface area contributed by atoms with Crippen LogP contribution >= 0.6 is 0 Å². The van der Waals surface area contributed by atoms with Gasteiger partial charge in [0.05, 0.1) is 0 Å². The number of sulfone groups is 1. The normalized spacial score (nSPS) is 26.8. The number of sulfonamides is 1. The predicted molar refractivity (Wildman–Crippen MR) is 80.7 cm³/mol. The Morgan fingerprint density at radius 3 is 2.50 bits per heavy atom. The maximum absolute atomic E-state index is 12.7. The van der Waals surface area contributed by atoms with E-state index in [0.717, 1.165) is 31.7 Å². The summed E-state index contributed by atoms with van der Waals surface area (Å²) in [5.74, 6) is 0. The summed E-state index contributed by atoms with van der Waals surface area (Å²) in [6.07, 6.45) is 5.05. The van der Waals surface area contributed by atoms with Gasteiger partial charge in [0.15, 0.2) is 14.9 Å². The van der Waals surface area contributed by atoms with E-state index < -0.39 is 19.9 Å². The average Bonchev–Trinajstić information content (AvgIpc) is 2.77. The minimum Gasteiger partial charge on any atom is -0.310 e. The van der Waals surface area contributed by atoms with Gasteiger partial charge in [0.25, 0.3) is 0 Å². The van der Waals surface area contributed by atoms with Crippen LogP contribution in [0, 0.1) is 0 Å². The minimum absolute atomic E-state index is 0.0395. The van der Waals surface area contributed by atoms with Crippen molar-refractivity contribution in [2.24, 2.45) is 0 Å². The zero-order valence-corrected chi connectivity index (χ0v) is 13.9. The van der Waals surface area contributed by atoms with Crippen LogP contribution in [0.2, 0.25) is 0 Å². The second kappa shape index (κ2) is 5.55. The molecule has 1 aromatic rings. The number of hydrogen-bond acceptors (Lipinski definition) is 6. The van der Waals surface area contributed by atoms with Gasteiger partial charge in [-0.25, -0.2) is 21.8 Å². The number of rotatable bonds is 3. The van der Waals surface area contributed by atoms with Crippen LogP contribution in [-0.2, 0) is 19.9 Å². The fourth-order valence-corrected chi connectivity index (χ4v) is 5.02. The summed E-state index contributed by atoms with van der Waals surface area (Å²) in [5, 5.41) is 3.31. The predicted octanol–water partition coefficient (Wildman–Crippen LogP) is 0.000100. The first-order chi connectivity index (χ1) is 10.3. The Hall–Kier alpha value is -1.03. The molecule has 22 heavy (non-hydrogen) atoms. The lowest BCUT2D eigenvalue weighted by Crippen LogP contribution is -2.39. The third-order valence-electron chi connectivity index (χ3n) is 4.21. The zero-order chi connectivity index (χ0) is 16.0. The van der Waals surface area contributed by atoms with E-state index in [0.29, 0.717) is 19.1 Å². The number of aromatic nitrogens is 1. The lowest BCUT2D eigenvalue weighted by molar-refractivity contribution is 0.383. The number of hydrogen-bond donors (Lipinski definition) is 1. The van der Waals surface area contributed by atoms with E-state index in [-0.39, 0.29) is 16.0 Å². The highest BCUT2D eigenvalue weighted by Gasteiger charge is 2.35. The molecule has 2 aliphatic rings. The van der Waals surface area contributed by atoms with E-state index in [2.05, 4.69) is 10.3 Å². The molecular weight excluding hydrogens is 326 g/mol. The number of pyridine rings is 1. The molecule has 2 bridgehead atoms. The molecule has 3 rings (SSSR count). The Morgan fingerprint density at radius 1 is 1.14 bits per heavy atom. The Kier molecular flexibility index (Phi) is 4.00. The lowest BCUT2D eigenvalue weighted by Gasteiger charge is -2.23. The second-order valence-corrected chi connectivity index (χ2v) is 9.79. The van der Waals surface area contributed by atoms with Crippen LogP contribution in [0.3, 0.4) is 0 Å². The Morgan fingerprint density at radius 2 is 1.86 bits per heavy atom. The molecule has 0 radical (unpaired) electrons. The monoisotopic (exact) mass is 345 g/mol. The molecule has 1 aromatic heterocycles. The molecular formula is C13H19N3O4S2. The summed E-state index contributed by atoms with van der Waals surface area (Å²) < 4.78 is 49.6. The summed E-state index contributed by atoms with van der Waals surface area (Å²) in [7, 11) is -7.07. The van der Waals surface area contributed by atoms with Crippen LogP contribution in [0.15, 0.2) is 28.3 Å². The summed E-state index contributed by atoms with van der Waals surface area (Å²) in [4.78, 5) is 3.81. The number of nitrogens with one attached hydrogen (secondary N) is 1. The fraction of sp³-hybridized carbons (Fsp3) is 0.615. The molecule has 2 atom stereocenters. The molecule has 7 nitrogen and oxygen atoms in total. The molecule has 9 heteroatoms. The topological polar surface area (TPSA) is 96.4 Å². The molecule has 2 unspecified atom stereocenters. The van der Waals surface area contributed by atoms with Crippen molar-refractivity contribution < 1.29 is 16.8 Å². The third kappa shape index (κ3) is 3.03. The van der Waals surface area contributed by atoms with E-state index >= 15 is 0 Å². The van der Waals surface area contributed by atoms with Crippen LogP contribution in [0.25, 0.3) is 0 Å². The molecule has 1 N–H and O–H groups in total. The number of fused-ring (bicyclic) bond motifs is 2. The zero-order valence-electron chi connectivity index (χ0n) is 12.3. The quantitative estimate of drug-likeness (QED) is 0.828. The van der Waals surface area contributed by atoms with Crippen LogP contribution in [0.1, 0.15) is 19.3 Å². The second-order valence-electron chi connectivity index (χ2n) is 5.89. The van der Waals surface area contributed by atoms with E-state index in [1.165, 1.54) is 16.4 Å². The molecule has 2 saturated heterocycles. The molecule has 2 fully saturated rings. The van der Waals surface area contributed by atoms with Crippen molar-refractivity contribution in [3.8, 4) is 0 Å². The van der Waals surface area contributed by atoms with Gasteiger partial charge in [-0.3, -0.25) is 0 Å². The maximum Gasteiger partial charge on any atom is 0.244 e. The Labute approximate surface area is 130 Å². The van der Waals surface area contributed by atoms with Crippen LogP contribution < -0.4 is 5.32 Å². The molecule has 0 aromatic carbocycles. The average molecular weight is 345 g/mol. The molecule has 0 spiro atoms. The van der Waals surface area contributed by atoms with Crippen molar-refractivity contribution in [2.45, 2.75) is 41.3 Å². The fourth-order valence-electron chi connectivity index (χ4n) is 3.02. The van der Waals surface area contributed by atoms with Gasteiger partial charge in [-0.1, -0.05) is 0 Å². The molecule has 0 amide bonds. The van der Waals surface area contributed by atoms with E-state index in [1.54, 1.807) is 0 Å². The van der Waals surface area contributed by atoms with Crippen molar-refractivity contribution in [2.75, 3.05) is 19.3 Å². The standard InChI is InChI=1S/C13H19N3O4S2/c1-21(17,18)13-5-4-12(8-14-13)22(19,20)16-7-6-10-2-3-11(9-16)15-10/h4-5,8,10-11,15H,2-3,6-7,9H2,1H3. The van der Waals surface area contributed by atoms with Gasteiger partial charge in [0.2, 0.25) is 10.0 Å². The van der Waals surface area contributed by atoms with E-state index in [1.807, 2.05) is 0 Å². The van der Waals surface area contributed by atoms with Crippen LogP contribution in [0.4, 0.5) is 0 Å². The number of nitrogens with zero attached hydrogens (tertiary/aromatic N) is 2. The molecule has 0 saturated carbocycles. The molecule has 122 valence electrons. The van der Waals surface area contributed by atoms with Crippen molar-refractivity contribution >= 4 is 19.9 Å². The minimum atomic E-state index is -3.63. The summed E-state index contributed by atoms with van der Waals surface area (Å²) in [6.45, 7) is 0.928. The van der Waals surface area contributed by atoms with Crippen LogP contribution in [-0.4, -0.2) is 57.6 Å². The first kappa shape index (κ1) is 15.9. The smallest absolute Gasteiger partial charge is 0.244 e. The summed E-state index contributed by atoms with van der Waals surface area (Å²) in [5.41, 5.74) is 0. The van der Waals surface area contributed by atoms with Gasteiger partial charge in [0.1, 0.15) is 4.90 Å². The van der Waals surface area contributed by atoms with Crippen molar-refractivity contribution in [1.82, 2.24) is 14.6 Å². The first-order valence-corrected chi connectivity index (χ1v) is 10.5. The molecule has 2 aliphatic heterocycles. The van der Waals surface area contributed by atoms with Crippen molar-refractivity contribution in [3.05, 3.63) is 18.3 Å².